The van der Waals surface area contributed by atoms with Crippen LogP contribution in [0.25, 0.3) is 0 Å². The molecule has 0 aromatic carbocycles. The lowest BCUT2D eigenvalue weighted by Gasteiger charge is -2.16. The molecule has 0 heterocycles. The Morgan fingerprint density at radius 2 is 1.53 bits per heavy atom. The van der Waals surface area contributed by atoms with E-state index in [2.05, 4.69) is 62.4 Å². The number of hydrogen-bond acceptors (Lipinski definition) is 0. The van der Waals surface area contributed by atoms with Crippen LogP contribution in [0, 0.1) is 0 Å². The molecule has 0 N–H and O–H groups in total. The summed E-state index contributed by atoms with van der Waals surface area (Å²) >= 11 is 0. The molecule has 19 heavy (non-hydrogen) atoms. The van der Waals surface area contributed by atoms with E-state index < -0.39 is 0 Å². The maximum atomic E-state index is 2.82. The van der Waals surface area contributed by atoms with Gasteiger partial charge in [0.15, 0.2) is 0 Å². The van der Waals surface area contributed by atoms with Crippen LogP contribution in [-0.4, -0.2) is 13.3 Å². The third kappa shape index (κ3) is 14.6. The number of hydrogen-bond donors (Lipinski definition) is 0. The summed E-state index contributed by atoms with van der Waals surface area (Å²) in [5.74, 6) is 0. The Morgan fingerprint density at radius 1 is 1.05 bits per heavy atom. The Labute approximate surface area is 126 Å². The fourth-order valence-corrected chi connectivity index (χ4v) is 3.87. The normalized spacial score (nSPS) is 13.7. The summed E-state index contributed by atoms with van der Waals surface area (Å²) in [6.45, 7) is 13.4. The van der Waals surface area contributed by atoms with E-state index in [4.69, 9.17) is 0 Å². The first-order chi connectivity index (χ1) is 9.04. The molecular weight excluding hydrogens is 266 g/mol. The monoisotopic (exact) mass is 302 g/mol. The second-order valence-corrected chi connectivity index (χ2v) is 8.10. The topological polar surface area (TPSA) is 0 Å². The SMILES string of the molecule is CCC.CCCCCC.CP(C)C1=C(P)C=CCC1. The highest BCUT2D eigenvalue weighted by Crippen LogP contribution is 2.44. The zero-order valence-electron chi connectivity index (χ0n) is 14.1. The minimum absolute atomic E-state index is 0.150. The van der Waals surface area contributed by atoms with Gasteiger partial charge in [0.25, 0.3) is 0 Å². The van der Waals surface area contributed by atoms with Gasteiger partial charge in [-0.3, -0.25) is 0 Å². The third-order valence-corrected chi connectivity index (χ3v) is 5.02. The average molecular weight is 302 g/mol. The molecule has 0 fully saturated rings. The molecule has 0 amide bonds. The van der Waals surface area contributed by atoms with Crippen LogP contribution < -0.4 is 0 Å². The van der Waals surface area contributed by atoms with Gasteiger partial charge in [-0.25, -0.2) is 0 Å². The Hall–Kier alpha value is 0.340. The molecule has 0 aromatic heterocycles. The molecule has 1 unspecified atom stereocenters. The first-order valence-electron chi connectivity index (χ1n) is 7.87. The standard InChI is InChI=1S/C8H14P2.C6H14.C3H8/c1-10(2)8-6-4-3-5-7(8)9;1-3-5-6-4-2;1-3-2/h3,5H,4,6,9H2,1-2H3;3-6H2,1-2H3;3H2,1-2H3. The van der Waals surface area contributed by atoms with Gasteiger partial charge in [-0.2, -0.15) is 0 Å². The summed E-state index contributed by atoms with van der Waals surface area (Å²) in [5, 5.41) is 3.10. The fourth-order valence-electron chi connectivity index (χ4n) is 1.65. The van der Waals surface area contributed by atoms with Gasteiger partial charge in [0.05, 0.1) is 0 Å². The van der Waals surface area contributed by atoms with Gasteiger partial charge in [0.1, 0.15) is 0 Å². The molecule has 0 spiro atoms. The number of unbranched alkanes of at least 4 members (excludes halogenated alkanes) is 3. The fraction of sp³-hybridized carbons (Fsp3) is 0.765. The van der Waals surface area contributed by atoms with Gasteiger partial charge in [-0.1, -0.05) is 79.9 Å². The Morgan fingerprint density at radius 3 is 1.79 bits per heavy atom. The molecule has 1 atom stereocenters. The van der Waals surface area contributed by atoms with E-state index >= 15 is 0 Å². The smallest absolute Gasteiger partial charge is 0.0234 e. The van der Waals surface area contributed by atoms with E-state index in [1.165, 1.54) is 50.3 Å². The molecule has 2 heteroatoms. The second-order valence-electron chi connectivity index (χ2n) is 5.15. The van der Waals surface area contributed by atoms with Gasteiger partial charge < -0.3 is 0 Å². The number of rotatable bonds is 4. The van der Waals surface area contributed by atoms with Crippen molar-refractivity contribution in [3.63, 3.8) is 0 Å². The molecule has 0 aliphatic heterocycles. The maximum Gasteiger partial charge on any atom is -0.0234 e. The van der Waals surface area contributed by atoms with Crippen LogP contribution in [0.15, 0.2) is 22.8 Å². The summed E-state index contributed by atoms with van der Waals surface area (Å²) in [6.07, 6.45) is 13.8. The van der Waals surface area contributed by atoms with Crippen molar-refractivity contribution in [2.75, 3.05) is 13.3 Å². The number of allylic oxidation sites excluding steroid dienone is 4. The van der Waals surface area contributed by atoms with E-state index in [-0.39, 0.29) is 7.92 Å². The molecule has 114 valence electrons. The molecule has 0 bridgehead atoms. The second kappa shape index (κ2) is 16.4. The molecule has 1 aliphatic rings. The predicted molar refractivity (Wildman–Crippen MR) is 99.7 cm³/mol. The van der Waals surface area contributed by atoms with Crippen molar-refractivity contribution in [3.05, 3.63) is 22.8 Å². The van der Waals surface area contributed by atoms with Crippen LogP contribution in [0.3, 0.4) is 0 Å². The minimum atomic E-state index is 0.150. The highest BCUT2D eigenvalue weighted by Gasteiger charge is 2.07. The highest BCUT2D eigenvalue weighted by molar-refractivity contribution is 7.61. The molecule has 0 saturated heterocycles. The zero-order valence-corrected chi connectivity index (χ0v) is 16.2. The first-order valence-corrected chi connectivity index (χ1v) is 10.7. The van der Waals surface area contributed by atoms with Crippen LogP contribution in [0.4, 0.5) is 0 Å². The summed E-state index contributed by atoms with van der Waals surface area (Å²) in [4.78, 5) is 0. The van der Waals surface area contributed by atoms with Crippen LogP contribution in [0.5, 0.6) is 0 Å². The molecule has 1 aliphatic carbocycles. The summed E-state index contributed by atoms with van der Waals surface area (Å²) in [5.41, 5.74) is 0. The van der Waals surface area contributed by atoms with Gasteiger partial charge >= 0.3 is 0 Å². The van der Waals surface area contributed by atoms with Gasteiger partial charge in [0, 0.05) is 0 Å². The highest BCUT2D eigenvalue weighted by atomic mass is 31.1. The van der Waals surface area contributed by atoms with E-state index in [0.717, 1.165) is 0 Å². The maximum absolute atomic E-state index is 2.82. The van der Waals surface area contributed by atoms with Crippen molar-refractivity contribution < 1.29 is 0 Å². The van der Waals surface area contributed by atoms with E-state index in [1.54, 1.807) is 5.31 Å². The summed E-state index contributed by atoms with van der Waals surface area (Å²) in [6, 6.07) is 0. The summed E-state index contributed by atoms with van der Waals surface area (Å²) in [7, 11) is 2.97. The van der Waals surface area contributed by atoms with Crippen molar-refractivity contribution in [3.8, 4) is 0 Å². The van der Waals surface area contributed by atoms with Crippen molar-refractivity contribution in [2.45, 2.75) is 72.6 Å². The molecule has 0 saturated carbocycles. The first kappa shape index (κ1) is 21.6. The Kier molecular flexibility index (Phi) is 18.7. The lowest BCUT2D eigenvalue weighted by Crippen LogP contribution is -1.87. The average Bonchev–Trinajstić information content (AvgIpc) is 2.38. The van der Waals surface area contributed by atoms with Crippen molar-refractivity contribution in [1.82, 2.24) is 0 Å². The van der Waals surface area contributed by atoms with Gasteiger partial charge in [-0.15, -0.1) is 9.24 Å². The van der Waals surface area contributed by atoms with Crippen LogP contribution >= 0.6 is 17.2 Å². The van der Waals surface area contributed by atoms with Gasteiger partial charge in [-0.05, 0) is 36.8 Å². The van der Waals surface area contributed by atoms with Gasteiger partial charge in [0.2, 0.25) is 0 Å². The molecule has 0 aromatic rings. The van der Waals surface area contributed by atoms with Crippen molar-refractivity contribution >= 4 is 17.2 Å². The predicted octanol–water partition coefficient (Wildman–Crippen LogP) is 7.17. The van der Waals surface area contributed by atoms with E-state index in [1.807, 2.05) is 0 Å². The lowest BCUT2D eigenvalue weighted by atomic mass is 10.2. The molecular formula is C17H36P2. The lowest BCUT2D eigenvalue weighted by molar-refractivity contribution is 0.702. The Bertz CT molecular complexity index is 236. The molecule has 0 nitrogen and oxygen atoms in total. The molecule has 1 rings (SSSR count). The largest absolute Gasteiger partial charge is 0.105 e. The quantitative estimate of drug-likeness (QED) is 0.381. The van der Waals surface area contributed by atoms with Crippen LogP contribution in [0.1, 0.15) is 72.6 Å². The van der Waals surface area contributed by atoms with E-state index in [9.17, 15) is 0 Å². The van der Waals surface area contributed by atoms with E-state index in [0.29, 0.717) is 0 Å². The Balaban J connectivity index is 0. The third-order valence-electron chi connectivity index (χ3n) is 2.68. The van der Waals surface area contributed by atoms with Crippen molar-refractivity contribution in [1.29, 1.82) is 0 Å². The zero-order chi connectivity index (χ0) is 15.1. The minimum Gasteiger partial charge on any atom is -0.105 e. The molecule has 0 radical (unpaired) electrons. The van der Waals surface area contributed by atoms with Crippen LogP contribution in [0.2, 0.25) is 0 Å². The van der Waals surface area contributed by atoms with Crippen LogP contribution in [-0.2, 0) is 0 Å². The summed E-state index contributed by atoms with van der Waals surface area (Å²) < 4.78 is 0. The van der Waals surface area contributed by atoms with Crippen molar-refractivity contribution in [2.24, 2.45) is 0 Å².